The molecule has 2 aromatic rings. The van der Waals surface area contributed by atoms with E-state index in [2.05, 4.69) is 15.2 Å². The van der Waals surface area contributed by atoms with Crippen molar-refractivity contribution in [3.8, 4) is 11.1 Å². The smallest absolute Gasteiger partial charge is 0.156 e. The monoisotopic (exact) mass is 485 g/mol. The highest BCUT2D eigenvalue weighted by Crippen LogP contribution is 2.29. The van der Waals surface area contributed by atoms with E-state index in [1.165, 1.54) is 0 Å². The standard InChI is InChI=1S/C27H38FN4O3/c1-18-5-6-22(16-30-18)20-7-9-21(10-8-20)27(34-4)25(15-28)31-17-23(29)11-12-32(3)24-13-19(2)35-26(33)14-24/h5-10,16-17,19,24-27,33H,11-15,29H2,1-4H3/q-1/b23-17-/t19-,24+,25-,26-,27-/m1/s1. The Kier molecular flexibility index (Phi) is 10.0. The Morgan fingerprint density at radius 2 is 2.00 bits per heavy atom. The maximum absolute atomic E-state index is 13.9. The molecule has 2 heterocycles. The number of rotatable bonds is 11. The predicted octanol–water partition coefficient (Wildman–Crippen LogP) is 4.46. The Bertz CT molecular complexity index is 928. The van der Waals surface area contributed by atoms with Crippen LogP contribution in [0.2, 0.25) is 0 Å². The molecule has 1 fully saturated rings. The van der Waals surface area contributed by atoms with Gasteiger partial charge in [-0.2, -0.15) is 6.20 Å². The number of benzene rings is 1. The van der Waals surface area contributed by atoms with Crippen LogP contribution in [0.3, 0.4) is 0 Å². The normalized spacial score (nSPS) is 22.7. The molecule has 7 nitrogen and oxygen atoms in total. The van der Waals surface area contributed by atoms with E-state index in [1.807, 2.05) is 63.5 Å². The van der Waals surface area contributed by atoms with Gasteiger partial charge in [0.25, 0.3) is 0 Å². The average Bonchev–Trinajstić information content (AvgIpc) is 2.85. The molecule has 0 unspecified atom stereocenters. The van der Waals surface area contributed by atoms with Crippen LogP contribution in [0, 0.1) is 6.92 Å². The zero-order valence-electron chi connectivity index (χ0n) is 21.1. The number of nitrogens with two attached hydrogens (primary N) is 1. The van der Waals surface area contributed by atoms with Crippen LogP contribution in [0.15, 0.2) is 54.5 Å². The summed E-state index contributed by atoms with van der Waals surface area (Å²) < 4.78 is 25.0. The lowest BCUT2D eigenvalue weighted by Gasteiger charge is -2.37. The highest BCUT2D eigenvalue weighted by Gasteiger charge is 2.28. The van der Waals surface area contributed by atoms with Gasteiger partial charge < -0.3 is 30.5 Å². The number of ether oxygens (including phenoxy) is 2. The SMILES string of the molecule is CO[C@H](c1ccc(-c2ccc(C)nc2)cc1)[C@@H](CF)[N-]/C=C(\N)CCN(C)[C@H]1C[C@@H](C)O[C@@H](O)C1. The first kappa shape index (κ1) is 27.1. The van der Waals surface area contributed by atoms with E-state index in [4.69, 9.17) is 15.2 Å². The van der Waals surface area contributed by atoms with Crippen molar-refractivity contribution < 1.29 is 19.0 Å². The summed E-state index contributed by atoms with van der Waals surface area (Å²) in [6.07, 6.45) is 4.19. The molecule has 0 saturated carbocycles. The topological polar surface area (TPSA) is 94.9 Å². The molecule has 35 heavy (non-hydrogen) atoms. The number of aliphatic hydroxyl groups excluding tert-OH is 1. The zero-order chi connectivity index (χ0) is 25.4. The summed E-state index contributed by atoms with van der Waals surface area (Å²) in [6.45, 7) is 3.97. The number of pyridine rings is 1. The molecule has 1 aromatic heterocycles. The third kappa shape index (κ3) is 7.73. The maximum atomic E-state index is 13.9. The molecule has 3 N–H and O–H groups in total. The Morgan fingerprint density at radius 1 is 1.29 bits per heavy atom. The molecular formula is C27H38FN4O3-. The van der Waals surface area contributed by atoms with Gasteiger partial charge in [0.2, 0.25) is 0 Å². The first-order valence-electron chi connectivity index (χ1n) is 12.1. The number of halogens is 1. The van der Waals surface area contributed by atoms with Crippen LogP contribution < -0.4 is 5.73 Å². The number of alkyl halides is 1. The van der Waals surface area contributed by atoms with Crippen molar-refractivity contribution in [1.82, 2.24) is 9.88 Å². The van der Waals surface area contributed by atoms with Gasteiger partial charge in [-0.15, -0.1) is 0 Å². The molecular weight excluding hydrogens is 447 g/mol. The van der Waals surface area contributed by atoms with Crippen molar-refractivity contribution in [2.24, 2.45) is 5.73 Å². The zero-order valence-corrected chi connectivity index (χ0v) is 21.1. The van der Waals surface area contributed by atoms with Crippen molar-refractivity contribution in [2.75, 3.05) is 27.4 Å². The van der Waals surface area contributed by atoms with Gasteiger partial charge in [0.1, 0.15) is 0 Å². The summed E-state index contributed by atoms with van der Waals surface area (Å²) in [5.74, 6) is 0. The number of methoxy groups -OCH3 is 1. The molecule has 3 rings (SSSR count). The van der Waals surface area contributed by atoms with Crippen LogP contribution in [0.5, 0.6) is 0 Å². The molecule has 1 aromatic carbocycles. The molecule has 0 amide bonds. The lowest BCUT2D eigenvalue weighted by molar-refractivity contribution is -0.173. The van der Waals surface area contributed by atoms with Crippen LogP contribution in [-0.4, -0.2) is 66.8 Å². The maximum Gasteiger partial charge on any atom is 0.156 e. The molecule has 0 bridgehead atoms. The third-order valence-electron chi connectivity index (χ3n) is 6.52. The van der Waals surface area contributed by atoms with Gasteiger partial charge in [0.05, 0.1) is 18.9 Å². The minimum atomic E-state index is -0.729. The highest BCUT2D eigenvalue weighted by molar-refractivity contribution is 5.62. The van der Waals surface area contributed by atoms with Gasteiger partial charge in [0.15, 0.2) is 6.29 Å². The predicted molar refractivity (Wildman–Crippen MR) is 136 cm³/mol. The van der Waals surface area contributed by atoms with E-state index < -0.39 is 25.1 Å². The van der Waals surface area contributed by atoms with Crippen LogP contribution in [0.25, 0.3) is 16.4 Å². The van der Waals surface area contributed by atoms with Crippen molar-refractivity contribution >= 4 is 0 Å². The molecule has 1 saturated heterocycles. The van der Waals surface area contributed by atoms with Crippen molar-refractivity contribution in [2.45, 2.75) is 63.7 Å². The fraction of sp³-hybridized carbons (Fsp3) is 0.519. The van der Waals surface area contributed by atoms with Gasteiger partial charge in [-0.3, -0.25) is 9.37 Å². The number of hydrogen-bond donors (Lipinski definition) is 2. The van der Waals surface area contributed by atoms with Crippen molar-refractivity contribution in [3.05, 3.63) is 71.1 Å². The molecule has 0 radical (unpaired) electrons. The fourth-order valence-electron chi connectivity index (χ4n) is 4.41. The number of nitrogens with zero attached hydrogens (tertiary/aromatic N) is 3. The molecule has 0 spiro atoms. The number of hydrogen-bond acceptors (Lipinski definition) is 6. The molecule has 1 aliphatic rings. The molecule has 192 valence electrons. The second-order valence-electron chi connectivity index (χ2n) is 9.30. The lowest BCUT2D eigenvalue weighted by Crippen LogP contribution is -2.43. The van der Waals surface area contributed by atoms with E-state index in [-0.39, 0.29) is 12.1 Å². The van der Waals surface area contributed by atoms with Crippen LogP contribution in [0.4, 0.5) is 4.39 Å². The van der Waals surface area contributed by atoms with Gasteiger partial charge in [-0.25, -0.2) is 0 Å². The first-order valence-corrected chi connectivity index (χ1v) is 12.1. The Morgan fingerprint density at radius 3 is 2.60 bits per heavy atom. The summed E-state index contributed by atoms with van der Waals surface area (Å²) in [5, 5.41) is 14.3. The van der Waals surface area contributed by atoms with E-state index in [0.29, 0.717) is 25.1 Å². The summed E-state index contributed by atoms with van der Waals surface area (Å²) in [7, 11) is 3.58. The van der Waals surface area contributed by atoms with Gasteiger partial charge in [-0.1, -0.05) is 36.4 Å². The molecule has 0 aliphatic carbocycles. The lowest BCUT2D eigenvalue weighted by atomic mass is 9.99. The van der Waals surface area contributed by atoms with E-state index >= 15 is 0 Å². The summed E-state index contributed by atoms with van der Waals surface area (Å²) in [5.41, 5.74) is 10.6. The molecule has 8 heteroatoms. The second kappa shape index (κ2) is 13.0. The fourth-order valence-corrected chi connectivity index (χ4v) is 4.41. The Balaban J connectivity index is 1.56. The van der Waals surface area contributed by atoms with Crippen molar-refractivity contribution in [3.63, 3.8) is 0 Å². The van der Waals surface area contributed by atoms with Gasteiger partial charge >= 0.3 is 0 Å². The van der Waals surface area contributed by atoms with Crippen molar-refractivity contribution in [1.29, 1.82) is 0 Å². The highest BCUT2D eigenvalue weighted by atomic mass is 19.1. The quantitative estimate of drug-likeness (QED) is 0.488. The number of aliphatic hydroxyl groups is 1. The second-order valence-corrected chi connectivity index (χ2v) is 9.30. The minimum absolute atomic E-state index is 0.0213. The first-order chi connectivity index (χ1) is 16.8. The summed E-state index contributed by atoms with van der Waals surface area (Å²) in [4.78, 5) is 6.52. The molecule has 5 atom stereocenters. The largest absolute Gasteiger partial charge is 0.682 e. The van der Waals surface area contributed by atoms with Gasteiger partial charge in [0, 0.05) is 43.6 Å². The van der Waals surface area contributed by atoms with Crippen LogP contribution in [0.1, 0.15) is 43.5 Å². The van der Waals surface area contributed by atoms with Gasteiger partial charge in [-0.05, 0) is 56.6 Å². The average molecular weight is 486 g/mol. The summed E-state index contributed by atoms with van der Waals surface area (Å²) >= 11 is 0. The Labute approximate surface area is 208 Å². The van der Waals surface area contributed by atoms with E-state index in [1.54, 1.807) is 13.3 Å². The van der Waals surface area contributed by atoms with E-state index in [0.717, 1.165) is 28.8 Å². The Hall–Kier alpha value is -2.52. The summed E-state index contributed by atoms with van der Waals surface area (Å²) in [6, 6.07) is 11.4. The minimum Gasteiger partial charge on any atom is -0.682 e. The molecule has 1 aliphatic heterocycles. The third-order valence-corrected chi connectivity index (χ3v) is 6.52. The number of aryl methyl sites for hydroxylation is 1. The number of aromatic nitrogens is 1. The van der Waals surface area contributed by atoms with Crippen LogP contribution in [-0.2, 0) is 9.47 Å². The van der Waals surface area contributed by atoms with Crippen LogP contribution >= 0.6 is 0 Å². The van der Waals surface area contributed by atoms with E-state index in [9.17, 15) is 9.50 Å².